The molecule has 0 heterocycles. The van der Waals surface area contributed by atoms with E-state index in [2.05, 4.69) is 26.7 Å². The van der Waals surface area contributed by atoms with Crippen LogP contribution in [0.15, 0.2) is 0 Å². The summed E-state index contributed by atoms with van der Waals surface area (Å²) in [4.78, 5) is 0. The van der Waals surface area contributed by atoms with Gasteiger partial charge in [0.2, 0.25) is 0 Å². The zero-order valence-corrected chi connectivity index (χ0v) is 8.67. The van der Waals surface area contributed by atoms with Crippen molar-refractivity contribution in [2.24, 2.45) is 23.2 Å². The lowest BCUT2D eigenvalue weighted by Crippen LogP contribution is -2.43. The summed E-state index contributed by atoms with van der Waals surface area (Å²) < 4.78 is 0. The standard InChI is InChI=1S/C12H18O/c1-5-12(13)7-9-6-10(12)8(2)11(9,3)4/h1,8-10,13H,6-7H2,2-4H3/t8-,9+,10-,12+/m0/s1. The Morgan fingerprint density at radius 3 is 2.46 bits per heavy atom. The lowest BCUT2D eigenvalue weighted by Gasteiger charge is -2.42. The fourth-order valence-electron chi connectivity index (χ4n) is 3.35. The van der Waals surface area contributed by atoms with Crippen LogP contribution in [0.3, 0.4) is 0 Å². The Morgan fingerprint density at radius 2 is 2.08 bits per heavy atom. The molecule has 0 radical (unpaired) electrons. The Hall–Kier alpha value is -0.480. The van der Waals surface area contributed by atoms with Crippen LogP contribution in [0.5, 0.6) is 0 Å². The second-order valence-electron chi connectivity index (χ2n) is 5.42. The molecule has 0 unspecified atom stereocenters. The van der Waals surface area contributed by atoms with E-state index in [9.17, 15) is 5.11 Å². The molecule has 1 N–H and O–H groups in total. The largest absolute Gasteiger partial charge is 0.377 e. The zero-order chi connectivity index (χ0) is 9.85. The molecule has 2 aliphatic carbocycles. The van der Waals surface area contributed by atoms with Gasteiger partial charge in [0.1, 0.15) is 5.60 Å². The average Bonchev–Trinajstić information content (AvgIpc) is 2.51. The van der Waals surface area contributed by atoms with Gasteiger partial charge in [0.15, 0.2) is 0 Å². The number of hydrogen-bond acceptors (Lipinski definition) is 1. The van der Waals surface area contributed by atoms with Crippen LogP contribution < -0.4 is 0 Å². The van der Waals surface area contributed by atoms with Crippen LogP contribution >= 0.6 is 0 Å². The Morgan fingerprint density at radius 1 is 1.46 bits per heavy atom. The van der Waals surface area contributed by atoms with Gasteiger partial charge in [-0.2, -0.15) is 0 Å². The SMILES string of the molecule is C#C[C@@]1(O)C[C@H]2C[C@H]1[C@H](C)C2(C)C. The summed E-state index contributed by atoms with van der Waals surface area (Å²) in [5, 5.41) is 10.2. The van der Waals surface area contributed by atoms with Crippen LogP contribution in [0.4, 0.5) is 0 Å². The number of fused-ring (bicyclic) bond motifs is 2. The molecule has 1 nitrogen and oxygen atoms in total. The minimum Gasteiger partial charge on any atom is -0.377 e. The zero-order valence-electron chi connectivity index (χ0n) is 8.67. The summed E-state index contributed by atoms with van der Waals surface area (Å²) in [7, 11) is 0. The van der Waals surface area contributed by atoms with E-state index < -0.39 is 5.60 Å². The maximum absolute atomic E-state index is 10.2. The Bertz CT molecular complexity index is 269. The third-order valence-corrected chi connectivity index (χ3v) is 4.79. The van der Waals surface area contributed by atoms with E-state index in [-0.39, 0.29) is 0 Å². The van der Waals surface area contributed by atoms with Gasteiger partial charge in [0.25, 0.3) is 0 Å². The van der Waals surface area contributed by atoms with E-state index in [1.54, 1.807) is 0 Å². The smallest absolute Gasteiger partial charge is 0.128 e. The normalized spacial score (nSPS) is 52.1. The molecule has 2 fully saturated rings. The van der Waals surface area contributed by atoms with Crippen molar-refractivity contribution >= 4 is 0 Å². The first-order chi connectivity index (χ1) is 5.92. The van der Waals surface area contributed by atoms with Crippen LogP contribution in [0.25, 0.3) is 0 Å². The highest BCUT2D eigenvalue weighted by Crippen LogP contribution is 2.62. The lowest BCUT2D eigenvalue weighted by atomic mass is 9.65. The Balaban J connectivity index is 2.33. The number of hydrogen-bond donors (Lipinski definition) is 1. The van der Waals surface area contributed by atoms with Crippen LogP contribution in [-0.4, -0.2) is 10.7 Å². The van der Waals surface area contributed by atoms with Crippen molar-refractivity contribution in [2.45, 2.75) is 39.2 Å². The average molecular weight is 178 g/mol. The molecule has 0 aromatic carbocycles. The minimum absolute atomic E-state index is 0.331. The van der Waals surface area contributed by atoms with Crippen molar-refractivity contribution in [3.05, 3.63) is 0 Å². The van der Waals surface area contributed by atoms with Gasteiger partial charge in [-0.15, -0.1) is 6.42 Å². The molecule has 2 aliphatic rings. The molecule has 2 bridgehead atoms. The van der Waals surface area contributed by atoms with Gasteiger partial charge in [-0.1, -0.05) is 26.7 Å². The van der Waals surface area contributed by atoms with Gasteiger partial charge in [0.05, 0.1) is 0 Å². The third kappa shape index (κ3) is 0.929. The van der Waals surface area contributed by atoms with Gasteiger partial charge < -0.3 is 5.11 Å². The van der Waals surface area contributed by atoms with Crippen LogP contribution in [0, 0.1) is 35.5 Å². The molecule has 2 saturated carbocycles. The van der Waals surface area contributed by atoms with Crippen molar-refractivity contribution in [2.75, 3.05) is 0 Å². The molecule has 0 spiro atoms. The van der Waals surface area contributed by atoms with Gasteiger partial charge in [-0.05, 0) is 30.1 Å². The Kier molecular flexibility index (Phi) is 1.61. The maximum Gasteiger partial charge on any atom is 0.128 e. The second-order valence-corrected chi connectivity index (χ2v) is 5.42. The number of rotatable bonds is 0. The summed E-state index contributed by atoms with van der Waals surface area (Å²) in [5.74, 6) is 4.09. The van der Waals surface area contributed by atoms with Crippen LogP contribution in [0.1, 0.15) is 33.6 Å². The van der Waals surface area contributed by atoms with E-state index >= 15 is 0 Å². The summed E-state index contributed by atoms with van der Waals surface area (Å²) >= 11 is 0. The summed E-state index contributed by atoms with van der Waals surface area (Å²) in [5.41, 5.74) is -0.423. The summed E-state index contributed by atoms with van der Waals surface area (Å²) in [6, 6.07) is 0. The van der Waals surface area contributed by atoms with Crippen molar-refractivity contribution in [3.63, 3.8) is 0 Å². The number of aliphatic hydroxyl groups is 1. The monoisotopic (exact) mass is 178 g/mol. The highest BCUT2D eigenvalue weighted by Gasteiger charge is 2.60. The van der Waals surface area contributed by atoms with E-state index in [4.69, 9.17) is 6.42 Å². The third-order valence-electron chi connectivity index (χ3n) is 4.79. The molecule has 0 aliphatic heterocycles. The van der Waals surface area contributed by atoms with Crippen LogP contribution in [-0.2, 0) is 0 Å². The molecule has 0 aromatic heterocycles. The topological polar surface area (TPSA) is 20.2 Å². The molecule has 2 rings (SSSR count). The van der Waals surface area contributed by atoms with E-state index in [1.165, 1.54) is 0 Å². The van der Waals surface area contributed by atoms with Gasteiger partial charge in [0, 0.05) is 5.92 Å². The van der Waals surface area contributed by atoms with Crippen molar-refractivity contribution in [3.8, 4) is 12.3 Å². The predicted octanol–water partition coefficient (Wildman–Crippen LogP) is 2.05. The quantitative estimate of drug-likeness (QED) is 0.563. The van der Waals surface area contributed by atoms with Crippen LogP contribution in [0.2, 0.25) is 0 Å². The van der Waals surface area contributed by atoms with E-state index in [1.807, 2.05) is 0 Å². The summed E-state index contributed by atoms with van der Waals surface area (Å²) in [6.07, 6.45) is 7.34. The highest BCUT2D eigenvalue weighted by molar-refractivity contribution is 5.21. The molecule has 13 heavy (non-hydrogen) atoms. The molecule has 72 valence electrons. The molecular weight excluding hydrogens is 160 g/mol. The first kappa shape index (κ1) is 9.09. The van der Waals surface area contributed by atoms with Crippen molar-refractivity contribution in [1.82, 2.24) is 0 Å². The first-order valence-corrected chi connectivity index (χ1v) is 5.12. The Labute approximate surface area is 80.5 Å². The van der Waals surface area contributed by atoms with Gasteiger partial charge in [-0.25, -0.2) is 0 Å². The minimum atomic E-state index is -0.792. The maximum atomic E-state index is 10.2. The van der Waals surface area contributed by atoms with E-state index in [0.717, 1.165) is 12.8 Å². The number of terminal acetylenes is 1. The summed E-state index contributed by atoms with van der Waals surface area (Å²) in [6.45, 7) is 6.84. The second kappa shape index (κ2) is 2.30. The molecule has 0 amide bonds. The fraction of sp³-hybridized carbons (Fsp3) is 0.833. The lowest BCUT2D eigenvalue weighted by molar-refractivity contribution is -0.0249. The van der Waals surface area contributed by atoms with Gasteiger partial charge in [-0.3, -0.25) is 0 Å². The van der Waals surface area contributed by atoms with Gasteiger partial charge >= 0.3 is 0 Å². The molecule has 1 heteroatoms. The van der Waals surface area contributed by atoms with E-state index in [0.29, 0.717) is 23.2 Å². The fourth-order valence-corrected chi connectivity index (χ4v) is 3.35. The van der Waals surface area contributed by atoms with Crippen molar-refractivity contribution < 1.29 is 5.11 Å². The highest BCUT2D eigenvalue weighted by atomic mass is 16.3. The molecule has 4 atom stereocenters. The molecule has 0 aromatic rings. The predicted molar refractivity (Wildman–Crippen MR) is 52.9 cm³/mol. The molecule has 0 saturated heterocycles. The van der Waals surface area contributed by atoms with Crippen molar-refractivity contribution in [1.29, 1.82) is 0 Å². The first-order valence-electron chi connectivity index (χ1n) is 5.12. The molecular formula is C12H18O.